The molecular weight excluding hydrogens is 321 g/mol. The van der Waals surface area contributed by atoms with Crippen molar-refractivity contribution in [2.45, 2.75) is 82.4 Å². The van der Waals surface area contributed by atoms with Crippen LogP contribution in [0, 0.1) is 0 Å². The minimum absolute atomic E-state index is 0. The fourth-order valence-electron chi connectivity index (χ4n) is 2.76. The molecule has 0 aliphatic rings. The first-order valence-corrected chi connectivity index (χ1v) is 10.0. The molecule has 0 atom stereocenters. The molecule has 0 amide bonds. The Bertz CT molecular complexity index is 515. The highest BCUT2D eigenvalue weighted by molar-refractivity contribution is 7.85. The Morgan fingerprint density at radius 3 is 1.83 bits per heavy atom. The third-order valence-corrected chi connectivity index (χ3v) is 5.00. The summed E-state index contributed by atoms with van der Waals surface area (Å²) in [6, 6.07) is 6.73. The van der Waals surface area contributed by atoms with E-state index in [4.69, 9.17) is 0 Å². The van der Waals surface area contributed by atoms with Crippen molar-refractivity contribution in [1.82, 2.24) is 0 Å². The first kappa shape index (κ1) is 22.9. The number of hydrogen-bond acceptors (Lipinski definition) is 2. The number of rotatable bonds is 12. The second-order valence-corrected chi connectivity index (χ2v) is 7.40. The lowest BCUT2D eigenvalue weighted by molar-refractivity contribution is 0.481. The molecule has 0 spiro atoms. The molecule has 0 bridgehead atoms. The molecule has 0 aliphatic carbocycles. The minimum atomic E-state index is -4.10. The van der Waals surface area contributed by atoms with Gasteiger partial charge >= 0.3 is 23.1 Å². The van der Waals surface area contributed by atoms with Crippen LogP contribution in [0.2, 0.25) is 0 Å². The molecule has 1 aromatic rings. The first-order chi connectivity index (χ1) is 10.6. The average Bonchev–Trinajstić information content (AvgIpc) is 2.48. The monoisotopic (exact) mass is 352 g/mol. The number of hydrogen-bond donors (Lipinski definition) is 1. The van der Waals surface area contributed by atoms with Crippen molar-refractivity contribution in [2.24, 2.45) is 0 Å². The molecule has 0 aliphatic heterocycles. The van der Waals surface area contributed by atoms with E-state index >= 15 is 0 Å². The second kappa shape index (κ2) is 13.2. The highest BCUT2D eigenvalue weighted by Crippen LogP contribution is 2.18. The van der Waals surface area contributed by atoms with Crippen molar-refractivity contribution >= 4 is 33.2 Å². The average molecular weight is 353 g/mol. The summed E-state index contributed by atoms with van der Waals surface area (Å²) in [6.07, 6.45) is 13.3. The van der Waals surface area contributed by atoms with Crippen LogP contribution < -0.4 is 0 Å². The van der Waals surface area contributed by atoms with E-state index in [1.165, 1.54) is 57.4 Å². The Morgan fingerprint density at radius 1 is 0.826 bits per heavy atom. The van der Waals surface area contributed by atoms with Gasteiger partial charge < -0.3 is 0 Å². The number of aryl methyl sites for hydroxylation is 1. The SMILES string of the molecule is CCCCCCCCCCCCc1ccccc1S(=O)(=O)O.[MgH2]. The Labute approximate surface area is 158 Å². The van der Waals surface area contributed by atoms with Gasteiger partial charge in [0.1, 0.15) is 0 Å². The van der Waals surface area contributed by atoms with Gasteiger partial charge in [-0.1, -0.05) is 82.9 Å². The predicted molar refractivity (Wildman–Crippen MR) is 100 cm³/mol. The van der Waals surface area contributed by atoms with Gasteiger partial charge in [-0.2, -0.15) is 8.42 Å². The topological polar surface area (TPSA) is 54.4 Å². The van der Waals surface area contributed by atoms with Crippen LogP contribution >= 0.6 is 0 Å². The Hall–Kier alpha value is -0.104. The summed E-state index contributed by atoms with van der Waals surface area (Å²) < 4.78 is 31.8. The fraction of sp³-hybridized carbons (Fsp3) is 0.667. The lowest BCUT2D eigenvalue weighted by Crippen LogP contribution is -2.03. The molecule has 5 heteroatoms. The summed E-state index contributed by atoms with van der Waals surface area (Å²) in [5.41, 5.74) is 0.726. The molecule has 1 N–H and O–H groups in total. The van der Waals surface area contributed by atoms with Gasteiger partial charge in [0.2, 0.25) is 0 Å². The van der Waals surface area contributed by atoms with Gasteiger partial charge in [0.05, 0.1) is 4.90 Å². The van der Waals surface area contributed by atoms with Crippen molar-refractivity contribution in [2.75, 3.05) is 0 Å². The van der Waals surface area contributed by atoms with E-state index in [0.29, 0.717) is 6.42 Å². The van der Waals surface area contributed by atoms with Crippen molar-refractivity contribution in [1.29, 1.82) is 0 Å². The molecule has 3 nitrogen and oxygen atoms in total. The molecule has 0 heterocycles. The Kier molecular flexibility index (Phi) is 13.2. The van der Waals surface area contributed by atoms with Crippen molar-refractivity contribution in [3.8, 4) is 0 Å². The molecular formula is C18H32MgO3S. The summed E-state index contributed by atoms with van der Waals surface area (Å²) >= 11 is 0. The summed E-state index contributed by atoms with van der Waals surface area (Å²) in [5.74, 6) is 0. The van der Waals surface area contributed by atoms with Crippen LogP contribution in [0.15, 0.2) is 29.2 Å². The molecule has 23 heavy (non-hydrogen) atoms. The van der Waals surface area contributed by atoms with E-state index in [-0.39, 0.29) is 27.9 Å². The zero-order valence-electron chi connectivity index (χ0n) is 13.8. The van der Waals surface area contributed by atoms with Crippen molar-refractivity contribution in [3.05, 3.63) is 29.8 Å². The van der Waals surface area contributed by atoms with Gasteiger partial charge in [-0.15, -0.1) is 0 Å². The van der Waals surface area contributed by atoms with Crippen LogP contribution in [0.5, 0.6) is 0 Å². The van der Waals surface area contributed by atoms with Crippen molar-refractivity contribution < 1.29 is 13.0 Å². The summed E-state index contributed by atoms with van der Waals surface area (Å²) in [4.78, 5) is 0.0610. The third kappa shape index (κ3) is 10.4. The zero-order chi connectivity index (χ0) is 16.3. The van der Waals surface area contributed by atoms with Crippen LogP contribution in [-0.2, 0) is 16.5 Å². The lowest BCUT2D eigenvalue weighted by atomic mass is 10.0. The van der Waals surface area contributed by atoms with Crippen LogP contribution in [0.3, 0.4) is 0 Å². The van der Waals surface area contributed by atoms with Gasteiger partial charge in [0.15, 0.2) is 0 Å². The van der Waals surface area contributed by atoms with E-state index in [9.17, 15) is 13.0 Å². The molecule has 130 valence electrons. The standard InChI is InChI=1S/C18H30O3S.Mg.2H/c1-2-3-4-5-6-7-8-9-10-11-14-17-15-12-13-16-18(17)22(19,20)21;;;/h12-13,15-16H,2-11,14H2,1H3,(H,19,20,21);;;. The summed E-state index contributed by atoms with van der Waals surface area (Å²) in [6.45, 7) is 2.24. The van der Waals surface area contributed by atoms with Crippen LogP contribution in [0.1, 0.15) is 76.7 Å². The molecule has 0 fully saturated rings. The van der Waals surface area contributed by atoms with E-state index in [1.54, 1.807) is 12.1 Å². The molecule has 0 aromatic heterocycles. The predicted octanol–water partition coefficient (Wildman–Crippen LogP) is 4.48. The number of unbranched alkanes of at least 4 members (excludes halogenated alkanes) is 9. The summed E-state index contributed by atoms with van der Waals surface area (Å²) in [5, 5.41) is 0. The lowest BCUT2D eigenvalue weighted by Gasteiger charge is -2.07. The van der Waals surface area contributed by atoms with E-state index in [2.05, 4.69) is 6.92 Å². The van der Waals surface area contributed by atoms with Crippen LogP contribution in [0.25, 0.3) is 0 Å². The van der Waals surface area contributed by atoms with E-state index in [0.717, 1.165) is 18.4 Å². The quantitative estimate of drug-likeness (QED) is 0.343. The highest BCUT2D eigenvalue weighted by Gasteiger charge is 2.13. The molecule has 0 saturated heterocycles. The van der Waals surface area contributed by atoms with Gasteiger partial charge in [0.25, 0.3) is 10.1 Å². The molecule has 1 aromatic carbocycles. The second-order valence-electron chi connectivity index (χ2n) is 6.01. The molecule has 1 rings (SSSR count). The maximum Gasteiger partial charge on any atom is 0.316 e. The Balaban J connectivity index is 0.00000484. The van der Waals surface area contributed by atoms with Gasteiger partial charge in [0, 0.05) is 0 Å². The van der Waals surface area contributed by atoms with Gasteiger partial charge in [-0.3, -0.25) is 4.55 Å². The maximum absolute atomic E-state index is 11.3. The highest BCUT2D eigenvalue weighted by atomic mass is 32.2. The van der Waals surface area contributed by atoms with Crippen molar-refractivity contribution in [3.63, 3.8) is 0 Å². The van der Waals surface area contributed by atoms with E-state index in [1.807, 2.05) is 6.07 Å². The van der Waals surface area contributed by atoms with Gasteiger partial charge in [-0.25, -0.2) is 0 Å². The third-order valence-electron chi connectivity index (χ3n) is 4.05. The fourth-order valence-corrected chi connectivity index (χ4v) is 3.52. The first-order valence-electron chi connectivity index (χ1n) is 8.61. The normalized spacial score (nSPS) is 11.2. The molecule has 0 radical (unpaired) electrons. The number of benzene rings is 1. The zero-order valence-corrected chi connectivity index (χ0v) is 14.6. The molecule has 0 unspecified atom stereocenters. The molecule has 0 saturated carbocycles. The Morgan fingerprint density at radius 2 is 1.30 bits per heavy atom. The maximum atomic E-state index is 11.3. The minimum Gasteiger partial charge on any atom is -0.282 e. The van der Waals surface area contributed by atoms with Crippen LogP contribution in [0.4, 0.5) is 0 Å². The van der Waals surface area contributed by atoms with Gasteiger partial charge in [-0.05, 0) is 24.5 Å². The van der Waals surface area contributed by atoms with E-state index < -0.39 is 10.1 Å². The largest absolute Gasteiger partial charge is 0.316 e. The van der Waals surface area contributed by atoms with Crippen LogP contribution in [-0.4, -0.2) is 36.0 Å². The smallest absolute Gasteiger partial charge is 0.282 e. The summed E-state index contributed by atoms with van der Waals surface area (Å²) in [7, 11) is -4.10.